The Bertz CT molecular complexity index is 514. The monoisotopic (exact) mass is 374 g/mol. The lowest BCUT2D eigenvalue weighted by Gasteiger charge is -2.35. The van der Waals surface area contributed by atoms with E-state index in [0.717, 1.165) is 25.5 Å². The number of nitrogens with one attached hydrogen (secondary N) is 1. The third kappa shape index (κ3) is 8.44. The quantitative estimate of drug-likeness (QED) is 0.778. The molecule has 1 saturated heterocycles. The molecule has 1 N–H and O–H groups in total. The molecular formula is C23H38N2O2. The lowest BCUT2D eigenvalue weighted by molar-refractivity contribution is -0.120. The van der Waals surface area contributed by atoms with Crippen molar-refractivity contribution in [2.75, 3.05) is 26.7 Å². The van der Waals surface area contributed by atoms with E-state index >= 15 is 0 Å². The summed E-state index contributed by atoms with van der Waals surface area (Å²) in [4.78, 5) is 13.6. The zero-order valence-corrected chi connectivity index (χ0v) is 17.3. The van der Waals surface area contributed by atoms with Gasteiger partial charge in [0.1, 0.15) is 0 Å². The molecule has 4 heteroatoms. The van der Waals surface area contributed by atoms with Crippen molar-refractivity contribution in [1.29, 1.82) is 0 Å². The highest BCUT2D eigenvalue weighted by Crippen LogP contribution is 2.27. The van der Waals surface area contributed by atoms with Gasteiger partial charge >= 0.3 is 0 Å². The Morgan fingerprint density at radius 3 is 2.56 bits per heavy atom. The van der Waals surface area contributed by atoms with Gasteiger partial charge < -0.3 is 15.0 Å². The molecule has 3 rings (SSSR count). The summed E-state index contributed by atoms with van der Waals surface area (Å²) < 4.78 is 5.90. The molecule has 0 spiro atoms. The highest BCUT2D eigenvalue weighted by Gasteiger charge is 2.28. The molecule has 1 unspecified atom stereocenters. The van der Waals surface area contributed by atoms with E-state index in [9.17, 15) is 4.79 Å². The van der Waals surface area contributed by atoms with Crippen molar-refractivity contribution >= 4 is 5.91 Å². The van der Waals surface area contributed by atoms with E-state index in [-0.39, 0.29) is 5.91 Å². The van der Waals surface area contributed by atoms with Gasteiger partial charge in [-0.15, -0.1) is 0 Å². The molecule has 1 aliphatic heterocycles. The Morgan fingerprint density at radius 2 is 1.89 bits per heavy atom. The van der Waals surface area contributed by atoms with E-state index in [4.69, 9.17) is 4.74 Å². The fraction of sp³-hybridized carbons (Fsp3) is 0.696. The van der Waals surface area contributed by atoms with Crippen LogP contribution >= 0.6 is 0 Å². The Balaban J connectivity index is 0.000000199. The maximum absolute atomic E-state index is 10.9. The van der Waals surface area contributed by atoms with Crippen molar-refractivity contribution in [1.82, 2.24) is 10.2 Å². The van der Waals surface area contributed by atoms with Gasteiger partial charge in [0.05, 0.1) is 6.10 Å². The first-order chi connectivity index (χ1) is 13.2. The van der Waals surface area contributed by atoms with Crippen LogP contribution in [0.1, 0.15) is 63.9 Å². The minimum absolute atomic E-state index is 0.0962. The Kier molecular flexibility index (Phi) is 10.5. The molecular weight excluding hydrogens is 336 g/mol. The van der Waals surface area contributed by atoms with Gasteiger partial charge in [-0.05, 0) is 70.0 Å². The van der Waals surface area contributed by atoms with Crippen molar-refractivity contribution in [3.8, 4) is 0 Å². The minimum atomic E-state index is 0.0962. The molecule has 0 aromatic heterocycles. The third-order valence-electron chi connectivity index (χ3n) is 5.58. The molecule has 2 fully saturated rings. The summed E-state index contributed by atoms with van der Waals surface area (Å²) in [6.07, 6.45) is 11.3. The number of likely N-dealkylation sites (tertiary alicyclic amines) is 1. The van der Waals surface area contributed by atoms with Crippen LogP contribution in [0, 0.1) is 0 Å². The second kappa shape index (κ2) is 12.9. The third-order valence-corrected chi connectivity index (χ3v) is 5.58. The van der Waals surface area contributed by atoms with Crippen LogP contribution in [-0.2, 0) is 16.0 Å². The first-order valence-corrected chi connectivity index (χ1v) is 10.8. The number of ether oxygens (including phenoxy) is 1. The van der Waals surface area contributed by atoms with Crippen molar-refractivity contribution in [2.45, 2.75) is 76.9 Å². The van der Waals surface area contributed by atoms with Crippen molar-refractivity contribution in [2.24, 2.45) is 0 Å². The zero-order chi connectivity index (χ0) is 19.3. The number of rotatable bonds is 7. The second-order valence-electron chi connectivity index (χ2n) is 7.72. The summed E-state index contributed by atoms with van der Waals surface area (Å²) in [6.45, 7) is 5.83. The van der Waals surface area contributed by atoms with E-state index in [1.165, 1.54) is 57.2 Å². The molecule has 2 atom stereocenters. The Labute approximate surface area is 165 Å². The summed E-state index contributed by atoms with van der Waals surface area (Å²) >= 11 is 0. The molecule has 2 aliphatic rings. The maximum Gasteiger partial charge on any atom is 0.220 e. The molecule has 1 amide bonds. The fourth-order valence-electron chi connectivity index (χ4n) is 4.02. The summed E-state index contributed by atoms with van der Waals surface area (Å²) in [5.41, 5.74) is 1.21. The second-order valence-corrected chi connectivity index (χ2v) is 7.72. The van der Waals surface area contributed by atoms with Gasteiger partial charge in [0.2, 0.25) is 5.91 Å². The predicted octanol–water partition coefficient (Wildman–Crippen LogP) is 4.19. The van der Waals surface area contributed by atoms with E-state index in [1.54, 1.807) is 7.05 Å². The van der Waals surface area contributed by atoms with Gasteiger partial charge in [0.15, 0.2) is 0 Å². The first kappa shape index (κ1) is 21.9. The summed E-state index contributed by atoms with van der Waals surface area (Å²) in [5, 5.41) is 2.60. The molecule has 1 aromatic rings. The number of aryl methyl sites for hydroxylation is 1. The highest BCUT2D eigenvalue weighted by molar-refractivity contribution is 5.75. The lowest BCUT2D eigenvalue weighted by atomic mass is 9.92. The van der Waals surface area contributed by atoms with Gasteiger partial charge in [-0.3, -0.25) is 4.79 Å². The molecule has 0 bridgehead atoms. The van der Waals surface area contributed by atoms with Crippen LogP contribution in [0.3, 0.4) is 0 Å². The lowest BCUT2D eigenvalue weighted by Crippen LogP contribution is -2.39. The van der Waals surface area contributed by atoms with Crippen LogP contribution < -0.4 is 5.32 Å². The van der Waals surface area contributed by atoms with Crippen LogP contribution in [0.5, 0.6) is 0 Å². The summed E-state index contributed by atoms with van der Waals surface area (Å²) in [5.74, 6) is 0.0962. The van der Waals surface area contributed by atoms with Gasteiger partial charge in [-0.1, -0.05) is 37.3 Å². The van der Waals surface area contributed by atoms with E-state index in [1.807, 2.05) is 30.3 Å². The summed E-state index contributed by atoms with van der Waals surface area (Å²) in [6, 6.07) is 10.8. The molecule has 27 heavy (non-hydrogen) atoms. The Hall–Kier alpha value is -1.39. The van der Waals surface area contributed by atoms with Crippen LogP contribution in [0.4, 0.5) is 0 Å². The SMILES string of the molecule is CCCOC1CCC[C@@H](N2CCCC2)C1.CNC(=O)CCc1ccccc1. The van der Waals surface area contributed by atoms with Gasteiger partial charge in [0, 0.05) is 26.1 Å². The van der Waals surface area contributed by atoms with Gasteiger partial charge in [-0.25, -0.2) is 0 Å². The number of carbonyl (C=O) groups is 1. The predicted molar refractivity (Wildman–Crippen MR) is 112 cm³/mol. The van der Waals surface area contributed by atoms with E-state index in [2.05, 4.69) is 17.1 Å². The van der Waals surface area contributed by atoms with Gasteiger partial charge in [0.25, 0.3) is 0 Å². The van der Waals surface area contributed by atoms with Crippen molar-refractivity contribution < 1.29 is 9.53 Å². The number of carbonyl (C=O) groups excluding carboxylic acids is 1. The van der Waals surface area contributed by atoms with Crippen molar-refractivity contribution in [3.05, 3.63) is 35.9 Å². The first-order valence-electron chi connectivity index (χ1n) is 10.8. The zero-order valence-electron chi connectivity index (χ0n) is 17.3. The van der Waals surface area contributed by atoms with Crippen molar-refractivity contribution in [3.63, 3.8) is 0 Å². The van der Waals surface area contributed by atoms with Crippen LogP contribution in [-0.4, -0.2) is 49.7 Å². The summed E-state index contributed by atoms with van der Waals surface area (Å²) in [7, 11) is 1.66. The fourth-order valence-corrected chi connectivity index (χ4v) is 4.02. The number of benzene rings is 1. The number of hydrogen-bond acceptors (Lipinski definition) is 3. The normalized spacial score (nSPS) is 22.7. The topological polar surface area (TPSA) is 41.6 Å². The minimum Gasteiger partial charge on any atom is -0.378 e. The van der Waals surface area contributed by atoms with Crippen LogP contribution in [0.25, 0.3) is 0 Å². The molecule has 0 radical (unpaired) electrons. The number of hydrogen-bond donors (Lipinski definition) is 1. The number of amides is 1. The average molecular weight is 375 g/mol. The van der Waals surface area contributed by atoms with Gasteiger partial charge in [-0.2, -0.15) is 0 Å². The largest absolute Gasteiger partial charge is 0.378 e. The molecule has 1 saturated carbocycles. The van der Waals surface area contributed by atoms with Crippen LogP contribution in [0.15, 0.2) is 30.3 Å². The van der Waals surface area contributed by atoms with E-state index in [0.29, 0.717) is 12.5 Å². The highest BCUT2D eigenvalue weighted by atomic mass is 16.5. The smallest absolute Gasteiger partial charge is 0.220 e. The molecule has 152 valence electrons. The standard InChI is InChI=1S/C13H25NO.C10H13NO/c1-2-10-15-13-7-5-6-12(11-13)14-8-3-4-9-14;1-11-10(12)8-7-9-5-3-2-4-6-9/h12-13H,2-11H2,1H3;2-6H,7-8H2,1H3,(H,11,12)/t12-,13?;/m1./s1. The number of nitrogens with zero attached hydrogens (tertiary/aromatic N) is 1. The molecule has 1 heterocycles. The maximum atomic E-state index is 10.9. The molecule has 4 nitrogen and oxygen atoms in total. The average Bonchev–Trinajstić information content (AvgIpc) is 3.27. The Morgan fingerprint density at radius 1 is 1.15 bits per heavy atom. The molecule has 1 aliphatic carbocycles. The van der Waals surface area contributed by atoms with E-state index < -0.39 is 0 Å². The molecule has 1 aromatic carbocycles. The van der Waals surface area contributed by atoms with Crippen LogP contribution in [0.2, 0.25) is 0 Å².